The van der Waals surface area contributed by atoms with Crippen LogP contribution in [0.3, 0.4) is 0 Å². The van der Waals surface area contributed by atoms with Crippen LogP contribution in [0.2, 0.25) is 0 Å². The minimum absolute atomic E-state index is 0.00790. The topological polar surface area (TPSA) is 129 Å². The van der Waals surface area contributed by atoms with Gasteiger partial charge in [-0.1, -0.05) is 32.0 Å². The first-order chi connectivity index (χ1) is 12.1. The molecule has 0 saturated carbocycles. The number of hydrogen-bond acceptors (Lipinski definition) is 4. The molecule has 0 amide bonds. The molecular weight excluding hydrogens is 340 g/mol. The van der Waals surface area contributed by atoms with Crippen LogP contribution >= 0.6 is 0 Å². The number of carbonyl (C=O) groups excluding carboxylic acids is 1. The third-order valence-electron chi connectivity index (χ3n) is 3.91. The Kier molecular flexibility index (Phi) is 5.21. The van der Waals surface area contributed by atoms with Crippen molar-refractivity contribution in [2.24, 2.45) is 0 Å². The summed E-state index contributed by atoms with van der Waals surface area (Å²) >= 11 is 0. The van der Waals surface area contributed by atoms with E-state index in [1.54, 1.807) is 6.07 Å². The number of benzene rings is 2. The smallest absolute Gasteiger partial charge is 0.336 e. The second-order valence-corrected chi connectivity index (χ2v) is 5.96. The summed E-state index contributed by atoms with van der Waals surface area (Å²) in [4.78, 5) is 46.4. The van der Waals surface area contributed by atoms with Gasteiger partial charge in [0.25, 0.3) is 0 Å². The molecule has 0 saturated heterocycles. The first-order valence-electron chi connectivity index (χ1n) is 7.66. The molecule has 0 aliphatic rings. The third kappa shape index (κ3) is 3.61. The number of aromatic carboxylic acids is 3. The second-order valence-electron chi connectivity index (χ2n) is 5.96. The van der Waals surface area contributed by atoms with E-state index in [1.807, 2.05) is 13.8 Å². The van der Waals surface area contributed by atoms with Crippen molar-refractivity contribution in [1.82, 2.24) is 0 Å². The van der Waals surface area contributed by atoms with Gasteiger partial charge in [0.05, 0.1) is 16.7 Å². The number of carboxylic acid groups (broad SMARTS) is 3. The fourth-order valence-corrected chi connectivity index (χ4v) is 2.60. The van der Waals surface area contributed by atoms with Gasteiger partial charge < -0.3 is 15.3 Å². The Hall–Kier alpha value is -3.48. The van der Waals surface area contributed by atoms with E-state index >= 15 is 0 Å². The summed E-state index contributed by atoms with van der Waals surface area (Å²) in [5.74, 6) is -4.72. The molecule has 3 N–H and O–H groups in total. The monoisotopic (exact) mass is 356 g/mol. The summed E-state index contributed by atoms with van der Waals surface area (Å²) in [6.07, 6.45) is 0. The highest BCUT2D eigenvalue weighted by atomic mass is 16.4. The number of carboxylic acids is 3. The van der Waals surface area contributed by atoms with Gasteiger partial charge in [-0.3, -0.25) is 4.79 Å². The van der Waals surface area contributed by atoms with E-state index in [1.165, 1.54) is 18.2 Å². The van der Waals surface area contributed by atoms with Gasteiger partial charge in [0.1, 0.15) is 0 Å². The minimum Gasteiger partial charge on any atom is -0.478 e. The molecule has 0 aromatic heterocycles. The zero-order valence-electron chi connectivity index (χ0n) is 14.0. The van der Waals surface area contributed by atoms with Gasteiger partial charge in [0.2, 0.25) is 0 Å². The van der Waals surface area contributed by atoms with E-state index in [-0.39, 0.29) is 22.6 Å². The molecule has 7 heteroatoms. The van der Waals surface area contributed by atoms with Gasteiger partial charge in [-0.05, 0) is 29.7 Å². The number of rotatable bonds is 6. The Morgan fingerprint density at radius 3 is 1.62 bits per heavy atom. The highest BCUT2D eigenvalue weighted by Crippen LogP contribution is 2.23. The van der Waals surface area contributed by atoms with E-state index in [4.69, 9.17) is 10.2 Å². The average molecular weight is 356 g/mol. The van der Waals surface area contributed by atoms with E-state index in [0.717, 1.165) is 12.1 Å². The summed E-state index contributed by atoms with van der Waals surface area (Å²) in [6, 6.07) is 7.48. The van der Waals surface area contributed by atoms with Crippen LogP contribution in [0.25, 0.3) is 0 Å². The van der Waals surface area contributed by atoms with Gasteiger partial charge in [0, 0.05) is 11.1 Å². The molecule has 0 aliphatic carbocycles. The van der Waals surface area contributed by atoms with Crippen molar-refractivity contribution in [3.8, 4) is 0 Å². The Balaban J connectivity index is 2.54. The minimum atomic E-state index is -1.47. The van der Waals surface area contributed by atoms with Gasteiger partial charge >= 0.3 is 17.9 Å². The lowest BCUT2D eigenvalue weighted by atomic mass is 9.92. The summed E-state index contributed by atoms with van der Waals surface area (Å²) in [6.45, 7) is 3.65. The highest BCUT2D eigenvalue weighted by molar-refractivity contribution is 6.12. The van der Waals surface area contributed by atoms with Gasteiger partial charge in [-0.15, -0.1) is 0 Å². The van der Waals surface area contributed by atoms with Crippen molar-refractivity contribution in [3.63, 3.8) is 0 Å². The number of ketones is 1. The largest absolute Gasteiger partial charge is 0.478 e. The van der Waals surface area contributed by atoms with Crippen LogP contribution in [0, 0.1) is 0 Å². The molecule has 26 heavy (non-hydrogen) atoms. The fraction of sp³-hybridized carbons (Fsp3) is 0.158. The molecule has 2 aromatic carbocycles. The molecule has 0 heterocycles. The molecule has 7 nitrogen and oxygen atoms in total. The van der Waals surface area contributed by atoms with Crippen molar-refractivity contribution in [2.75, 3.05) is 0 Å². The van der Waals surface area contributed by atoms with Gasteiger partial charge in [0.15, 0.2) is 5.78 Å². The molecule has 2 aromatic rings. The third-order valence-corrected chi connectivity index (χ3v) is 3.91. The average Bonchev–Trinajstić information content (AvgIpc) is 2.59. The maximum absolute atomic E-state index is 12.6. The number of hydrogen-bond donors (Lipinski definition) is 3. The summed E-state index contributed by atoms with van der Waals surface area (Å²) in [7, 11) is 0. The lowest BCUT2D eigenvalue weighted by Crippen LogP contribution is -2.12. The molecule has 2 rings (SSSR count). The zero-order chi connectivity index (χ0) is 19.6. The molecule has 0 bridgehead atoms. The van der Waals surface area contributed by atoms with Crippen LogP contribution < -0.4 is 0 Å². The van der Waals surface area contributed by atoms with Crippen LogP contribution in [0.15, 0.2) is 36.4 Å². The molecule has 0 aliphatic heterocycles. The molecule has 134 valence electrons. The van der Waals surface area contributed by atoms with Crippen molar-refractivity contribution < 1.29 is 34.5 Å². The SMILES string of the molecule is CC(C)c1ccc(C(=O)c2ccc(C(=O)O)c(C(=O)O)c2)cc1C(=O)O. The van der Waals surface area contributed by atoms with Crippen LogP contribution in [0.1, 0.15) is 72.3 Å². The lowest BCUT2D eigenvalue weighted by molar-refractivity contribution is 0.0651. The van der Waals surface area contributed by atoms with Crippen molar-refractivity contribution in [3.05, 3.63) is 69.8 Å². The predicted molar refractivity (Wildman–Crippen MR) is 91.3 cm³/mol. The zero-order valence-corrected chi connectivity index (χ0v) is 14.0. The first kappa shape index (κ1) is 18.9. The molecule has 0 radical (unpaired) electrons. The predicted octanol–water partition coefficient (Wildman–Crippen LogP) is 3.14. The maximum atomic E-state index is 12.6. The Morgan fingerprint density at radius 2 is 1.15 bits per heavy atom. The fourth-order valence-electron chi connectivity index (χ4n) is 2.60. The van der Waals surface area contributed by atoms with E-state index in [2.05, 4.69) is 0 Å². The number of carbonyl (C=O) groups is 4. The van der Waals surface area contributed by atoms with E-state index < -0.39 is 34.8 Å². The quantitative estimate of drug-likeness (QED) is 0.678. The Labute approximate surface area is 148 Å². The van der Waals surface area contributed by atoms with E-state index in [9.17, 15) is 24.3 Å². The summed E-state index contributed by atoms with van der Waals surface area (Å²) in [5.41, 5.74) is -0.351. The van der Waals surface area contributed by atoms with Crippen LogP contribution in [0.4, 0.5) is 0 Å². The lowest BCUT2D eigenvalue weighted by Gasteiger charge is -2.12. The van der Waals surface area contributed by atoms with Crippen LogP contribution in [0.5, 0.6) is 0 Å². The van der Waals surface area contributed by atoms with Gasteiger partial charge in [-0.2, -0.15) is 0 Å². The molecule has 0 atom stereocenters. The molecular formula is C19H16O7. The molecule has 0 spiro atoms. The van der Waals surface area contributed by atoms with E-state index in [0.29, 0.717) is 5.56 Å². The van der Waals surface area contributed by atoms with Gasteiger partial charge in [-0.25, -0.2) is 14.4 Å². The normalized spacial score (nSPS) is 10.6. The molecule has 0 unspecified atom stereocenters. The Bertz CT molecular complexity index is 925. The standard InChI is InChI=1S/C19H16O7/c1-9(2)12-5-3-10(7-14(12)18(23)24)16(20)11-4-6-13(17(21)22)15(8-11)19(25)26/h3-9H,1-2H3,(H,21,22)(H,23,24)(H,25,26). The highest BCUT2D eigenvalue weighted by Gasteiger charge is 2.21. The summed E-state index contributed by atoms with van der Waals surface area (Å²) in [5, 5.41) is 27.5. The van der Waals surface area contributed by atoms with Crippen LogP contribution in [-0.2, 0) is 0 Å². The van der Waals surface area contributed by atoms with Crippen molar-refractivity contribution in [2.45, 2.75) is 19.8 Å². The summed E-state index contributed by atoms with van der Waals surface area (Å²) < 4.78 is 0. The van der Waals surface area contributed by atoms with Crippen LogP contribution in [-0.4, -0.2) is 39.0 Å². The molecule has 0 fully saturated rings. The second kappa shape index (κ2) is 7.18. The van der Waals surface area contributed by atoms with Crippen molar-refractivity contribution >= 4 is 23.7 Å². The van der Waals surface area contributed by atoms with Crippen molar-refractivity contribution in [1.29, 1.82) is 0 Å². The first-order valence-corrected chi connectivity index (χ1v) is 7.66. The maximum Gasteiger partial charge on any atom is 0.336 e. The Morgan fingerprint density at radius 1 is 0.692 bits per heavy atom.